The fourth-order valence-electron chi connectivity index (χ4n) is 3.31. The van der Waals surface area contributed by atoms with Crippen LogP contribution < -0.4 is 16.2 Å². The number of halogens is 1. The number of amides is 2. The lowest BCUT2D eigenvalue weighted by Crippen LogP contribution is -2.36. The zero-order chi connectivity index (χ0) is 24.1. The number of nitrogens with zero attached hydrogens (tertiary/aromatic N) is 1. The Labute approximate surface area is 193 Å². The highest BCUT2D eigenvalue weighted by Gasteiger charge is 2.21. The van der Waals surface area contributed by atoms with E-state index in [1.807, 2.05) is 0 Å². The maximum absolute atomic E-state index is 13.0. The highest BCUT2D eigenvalue weighted by Crippen LogP contribution is 2.25. The smallest absolute Gasteiger partial charge is 0.319 e. The molecule has 172 valence electrons. The molecule has 2 amide bonds. The normalized spacial score (nSPS) is 11.6. The summed E-state index contributed by atoms with van der Waals surface area (Å²) >= 11 is 6.18. The number of hydrogen-bond acceptors (Lipinski definition) is 5. The van der Waals surface area contributed by atoms with Gasteiger partial charge in [0.15, 0.2) is 5.69 Å². The van der Waals surface area contributed by atoms with E-state index in [0.29, 0.717) is 21.7 Å². The van der Waals surface area contributed by atoms with Crippen LogP contribution in [0, 0.1) is 6.92 Å². The Kier molecular flexibility index (Phi) is 7.24. The van der Waals surface area contributed by atoms with Crippen LogP contribution in [0.15, 0.2) is 59.5 Å². The van der Waals surface area contributed by atoms with Gasteiger partial charge in [0, 0.05) is 16.8 Å². The van der Waals surface area contributed by atoms with Crippen molar-refractivity contribution in [1.29, 1.82) is 0 Å². The highest BCUT2D eigenvalue weighted by atomic mass is 35.5. The van der Waals surface area contributed by atoms with Crippen molar-refractivity contribution in [1.82, 2.24) is 9.88 Å². The summed E-state index contributed by atoms with van der Waals surface area (Å²) in [5, 5.41) is 34.5. The van der Waals surface area contributed by atoms with Crippen LogP contribution in [-0.2, 0) is 11.3 Å². The van der Waals surface area contributed by atoms with E-state index in [1.165, 1.54) is 29.0 Å². The summed E-state index contributed by atoms with van der Waals surface area (Å²) in [6.45, 7) is 1.68. The Morgan fingerprint density at radius 1 is 1.12 bits per heavy atom. The summed E-state index contributed by atoms with van der Waals surface area (Å²) in [7, 11) is 0. The van der Waals surface area contributed by atoms with Crippen LogP contribution in [-0.4, -0.2) is 31.9 Å². The van der Waals surface area contributed by atoms with E-state index >= 15 is 0 Å². The molecule has 33 heavy (non-hydrogen) atoms. The Morgan fingerprint density at radius 2 is 1.85 bits per heavy atom. The van der Waals surface area contributed by atoms with Gasteiger partial charge in [-0.05, 0) is 36.2 Å². The van der Waals surface area contributed by atoms with Crippen molar-refractivity contribution in [2.75, 3.05) is 5.32 Å². The molecule has 9 nitrogen and oxygen atoms in total. The number of carboxylic acid groups (broad SMARTS) is 1. The van der Waals surface area contributed by atoms with Crippen LogP contribution in [0.1, 0.15) is 29.2 Å². The number of benzene rings is 2. The fraction of sp³-hybridized carbons (Fsp3) is 0.174. The average Bonchev–Trinajstić information content (AvgIpc) is 2.75. The summed E-state index contributed by atoms with van der Waals surface area (Å²) in [6.07, 6.45) is 0.984. The molecule has 3 rings (SSSR count). The number of pyridine rings is 1. The van der Waals surface area contributed by atoms with E-state index in [-0.39, 0.29) is 18.0 Å². The number of aliphatic carboxylic acids is 1. The van der Waals surface area contributed by atoms with E-state index in [0.717, 1.165) is 0 Å². The van der Waals surface area contributed by atoms with Gasteiger partial charge in [-0.25, -0.2) is 4.79 Å². The van der Waals surface area contributed by atoms with E-state index < -0.39 is 35.8 Å². The van der Waals surface area contributed by atoms with Gasteiger partial charge in [-0.15, -0.1) is 0 Å². The van der Waals surface area contributed by atoms with Crippen LogP contribution in [0.2, 0.25) is 5.02 Å². The third-order valence-corrected chi connectivity index (χ3v) is 5.30. The second-order valence-corrected chi connectivity index (χ2v) is 7.81. The predicted octanol–water partition coefficient (Wildman–Crippen LogP) is 3.61. The third-order valence-electron chi connectivity index (χ3n) is 4.93. The van der Waals surface area contributed by atoms with Crippen LogP contribution in [0.5, 0.6) is 11.5 Å². The van der Waals surface area contributed by atoms with Crippen molar-refractivity contribution >= 4 is 29.3 Å². The van der Waals surface area contributed by atoms with Gasteiger partial charge in [-0.1, -0.05) is 41.9 Å². The number of hydrogen-bond donors (Lipinski definition) is 5. The number of nitrogens with one attached hydrogen (secondary N) is 2. The minimum absolute atomic E-state index is 0.0936. The fourth-order valence-corrected chi connectivity index (χ4v) is 3.51. The summed E-state index contributed by atoms with van der Waals surface area (Å²) in [5.41, 5.74) is 0.348. The van der Waals surface area contributed by atoms with Gasteiger partial charge in [0.1, 0.15) is 11.5 Å². The minimum Gasteiger partial charge on any atom is -0.508 e. The molecule has 3 aromatic rings. The van der Waals surface area contributed by atoms with E-state index in [1.54, 1.807) is 37.3 Å². The third kappa shape index (κ3) is 5.83. The monoisotopic (exact) mass is 471 g/mol. The second kappa shape index (κ2) is 10.1. The Hall–Kier alpha value is -3.98. The molecule has 0 radical (unpaired) electrons. The minimum atomic E-state index is -1.18. The summed E-state index contributed by atoms with van der Waals surface area (Å²) in [6, 6.07) is 10.9. The first-order chi connectivity index (χ1) is 15.7. The second-order valence-electron chi connectivity index (χ2n) is 7.40. The molecular weight excluding hydrogens is 450 g/mol. The summed E-state index contributed by atoms with van der Waals surface area (Å²) in [4.78, 5) is 36.9. The number of phenols is 1. The average molecular weight is 472 g/mol. The van der Waals surface area contributed by atoms with Crippen molar-refractivity contribution < 1.29 is 24.9 Å². The van der Waals surface area contributed by atoms with Crippen molar-refractivity contribution in [3.8, 4) is 11.5 Å². The topological polar surface area (TPSA) is 141 Å². The Balaban J connectivity index is 1.87. The predicted molar refractivity (Wildman–Crippen MR) is 123 cm³/mol. The zero-order valence-corrected chi connectivity index (χ0v) is 18.3. The van der Waals surface area contributed by atoms with Crippen LogP contribution in [0.3, 0.4) is 0 Å². The number of carbonyl (C=O) groups excluding carboxylic acids is 1. The first-order valence-electron chi connectivity index (χ1n) is 9.90. The summed E-state index contributed by atoms with van der Waals surface area (Å²) in [5.74, 6) is -1.68. The van der Waals surface area contributed by atoms with Crippen molar-refractivity contribution in [3.05, 3.63) is 86.8 Å². The molecule has 10 heteroatoms. The molecule has 2 aromatic carbocycles. The Morgan fingerprint density at radius 3 is 2.52 bits per heavy atom. The lowest BCUT2D eigenvalue weighted by atomic mass is 10.0. The number of phenolic OH excluding ortho intramolecular Hbond substituents is 1. The molecule has 0 bridgehead atoms. The van der Waals surface area contributed by atoms with E-state index in [9.17, 15) is 29.7 Å². The number of urea groups is 1. The van der Waals surface area contributed by atoms with Gasteiger partial charge in [0.25, 0.3) is 5.56 Å². The van der Waals surface area contributed by atoms with Crippen molar-refractivity contribution in [2.45, 2.75) is 25.9 Å². The molecule has 5 N–H and O–H groups in total. The standard InChI is InChI=1S/C23H22ClN3O6/c1-13-11-27(12-15-5-2-3-8-17(15)24)22(32)20(21(13)31)26-23(33)25-18(10-19(29)30)14-6-4-7-16(28)9-14/h2-9,11,18,28,31H,10,12H2,1H3,(H,29,30)(H2,25,26,33)/t18-/m0/s1. The van der Waals surface area contributed by atoms with E-state index in [2.05, 4.69) is 10.6 Å². The molecule has 1 atom stereocenters. The van der Waals surface area contributed by atoms with Crippen molar-refractivity contribution in [2.24, 2.45) is 0 Å². The Bertz CT molecular complexity index is 1260. The SMILES string of the molecule is Cc1cn(Cc2ccccc2Cl)c(=O)c(NC(=O)N[C@@H](CC(=O)O)c2cccc(O)c2)c1O. The molecule has 0 saturated heterocycles. The first-order valence-corrected chi connectivity index (χ1v) is 10.3. The van der Waals surface area contributed by atoms with Gasteiger partial charge in [0.05, 0.1) is 19.0 Å². The maximum Gasteiger partial charge on any atom is 0.319 e. The quantitative estimate of drug-likeness (QED) is 0.356. The molecule has 0 saturated carbocycles. The van der Waals surface area contributed by atoms with Gasteiger partial charge < -0.3 is 30.5 Å². The molecule has 1 aromatic heterocycles. The van der Waals surface area contributed by atoms with Crippen molar-refractivity contribution in [3.63, 3.8) is 0 Å². The lowest BCUT2D eigenvalue weighted by Gasteiger charge is -2.19. The zero-order valence-electron chi connectivity index (χ0n) is 17.6. The number of carboxylic acids is 1. The molecular formula is C23H22ClN3O6. The number of aromatic hydroxyl groups is 2. The van der Waals surface area contributed by atoms with Crippen LogP contribution in [0.4, 0.5) is 10.5 Å². The van der Waals surface area contributed by atoms with Gasteiger partial charge in [0.2, 0.25) is 0 Å². The van der Waals surface area contributed by atoms with Gasteiger partial charge in [-0.2, -0.15) is 0 Å². The van der Waals surface area contributed by atoms with Gasteiger partial charge in [-0.3, -0.25) is 9.59 Å². The molecule has 0 aliphatic carbocycles. The largest absolute Gasteiger partial charge is 0.508 e. The maximum atomic E-state index is 13.0. The summed E-state index contributed by atoms with van der Waals surface area (Å²) < 4.78 is 1.30. The number of anilines is 1. The number of rotatable bonds is 7. The first kappa shape index (κ1) is 23.7. The number of aromatic nitrogens is 1. The molecule has 0 spiro atoms. The van der Waals surface area contributed by atoms with Gasteiger partial charge >= 0.3 is 12.0 Å². The highest BCUT2D eigenvalue weighted by molar-refractivity contribution is 6.31. The molecule has 0 unspecified atom stereocenters. The van der Waals surface area contributed by atoms with E-state index in [4.69, 9.17) is 11.6 Å². The number of aryl methyl sites for hydroxylation is 1. The number of carbonyl (C=O) groups is 2. The molecule has 0 fully saturated rings. The lowest BCUT2D eigenvalue weighted by molar-refractivity contribution is -0.137. The molecule has 0 aliphatic rings. The van der Waals surface area contributed by atoms with Crippen LogP contribution in [0.25, 0.3) is 0 Å². The van der Waals surface area contributed by atoms with Crippen LogP contribution >= 0.6 is 11.6 Å². The molecule has 1 heterocycles. The molecule has 0 aliphatic heterocycles.